The zero-order valence-corrected chi connectivity index (χ0v) is 12.7. The van der Waals surface area contributed by atoms with Gasteiger partial charge in [0.25, 0.3) is 11.8 Å². The van der Waals surface area contributed by atoms with Crippen molar-refractivity contribution < 1.29 is 19.5 Å². The Morgan fingerprint density at radius 1 is 1.38 bits per heavy atom. The molecule has 21 heavy (non-hydrogen) atoms. The number of carboxylic acid groups (broad SMARTS) is 1. The lowest BCUT2D eigenvalue weighted by atomic mass is 10.2. The molecule has 1 aromatic rings. The van der Waals surface area contributed by atoms with Crippen molar-refractivity contribution in [2.75, 3.05) is 24.6 Å². The van der Waals surface area contributed by atoms with Crippen molar-refractivity contribution in [3.05, 3.63) is 22.4 Å². The van der Waals surface area contributed by atoms with Crippen LogP contribution in [-0.4, -0.2) is 58.4 Å². The van der Waals surface area contributed by atoms with E-state index in [4.69, 9.17) is 5.11 Å². The van der Waals surface area contributed by atoms with Gasteiger partial charge in [0.05, 0.1) is 11.4 Å². The Kier molecular flexibility index (Phi) is 5.59. The fourth-order valence-corrected chi connectivity index (χ4v) is 3.60. The average molecular weight is 329 g/mol. The first-order valence-electron chi connectivity index (χ1n) is 6.25. The molecule has 0 saturated carbocycles. The number of thioether (sulfide) groups is 1. The van der Waals surface area contributed by atoms with Crippen LogP contribution < -0.4 is 10.9 Å². The Morgan fingerprint density at radius 2 is 2.19 bits per heavy atom. The summed E-state index contributed by atoms with van der Waals surface area (Å²) in [5.74, 6) is -0.499. The van der Waals surface area contributed by atoms with Gasteiger partial charge in [-0.25, -0.2) is 0 Å². The van der Waals surface area contributed by atoms with Gasteiger partial charge in [0.1, 0.15) is 6.04 Å². The maximum absolute atomic E-state index is 11.8. The van der Waals surface area contributed by atoms with Gasteiger partial charge in [-0.1, -0.05) is 6.07 Å². The second-order valence-corrected chi connectivity index (χ2v) is 6.48. The molecule has 0 bridgehead atoms. The van der Waals surface area contributed by atoms with E-state index in [9.17, 15) is 14.4 Å². The van der Waals surface area contributed by atoms with Crippen LogP contribution in [0.15, 0.2) is 17.5 Å². The van der Waals surface area contributed by atoms with Gasteiger partial charge >= 0.3 is 5.97 Å². The molecule has 0 aromatic carbocycles. The predicted molar refractivity (Wildman–Crippen MR) is 80.2 cm³/mol. The van der Waals surface area contributed by atoms with Crippen molar-refractivity contribution in [2.24, 2.45) is 0 Å². The SMILES string of the molecule is O=C(CN1CCSCC1C(=O)O)NNC(=O)c1cccs1. The lowest BCUT2D eigenvalue weighted by molar-refractivity contribution is -0.143. The van der Waals surface area contributed by atoms with Gasteiger partial charge in [-0.3, -0.25) is 30.1 Å². The van der Waals surface area contributed by atoms with Crippen LogP contribution in [0.1, 0.15) is 9.67 Å². The molecular formula is C12H15N3O4S2. The van der Waals surface area contributed by atoms with E-state index < -0.39 is 17.9 Å². The summed E-state index contributed by atoms with van der Waals surface area (Å²) in [6.45, 7) is 0.482. The Morgan fingerprint density at radius 3 is 2.86 bits per heavy atom. The average Bonchev–Trinajstić information content (AvgIpc) is 2.99. The minimum Gasteiger partial charge on any atom is -0.480 e. The number of carbonyl (C=O) groups is 3. The number of nitrogens with zero attached hydrogens (tertiary/aromatic N) is 1. The fourth-order valence-electron chi connectivity index (χ4n) is 1.87. The second kappa shape index (κ2) is 7.43. The fraction of sp³-hybridized carbons (Fsp3) is 0.417. The number of aliphatic carboxylic acids is 1. The molecule has 7 nitrogen and oxygen atoms in total. The number of carboxylic acids is 1. The van der Waals surface area contributed by atoms with Crippen molar-refractivity contribution in [3.63, 3.8) is 0 Å². The van der Waals surface area contributed by atoms with Crippen molar-refractivity contribution in [3.8, 4) is 0 Å². The van der Waals surface area contributed by atoms with Crippen molar-refractivity contribution in [1.29, 1.82) is 0 Å². The van der Waals surface area contributed by atoms with Gasteiger partial charge in [-0.2, -0.15) is 11.8 Å². The van der Waals surface area contributed by atoms with E-state index in [1.807, 2.05) is 0 Å². The Bertz CT molecular complexity index is 521. The van der Waals surface area contributed by atoms with Gasteiger partial charge in [0.15, 0.2) is 0 Å². The third kappa shape index (κ3) is 4.45. The van der Waals surface area contributed by atoms with Gasteiger partial charge in [-0.15, -0.1) is 11.3 Å². The van der Waals surface area contributed by atoms with Crippen LogP contribution in [-0.2, 0) is 9.59 Å². The molecule has 9 heteroatoms. The second-order valence-electron chi connectivity index (χ2n) is 4.38. The zero-order valence-electron chi connectivity index (χ0n) is 11.1. The highest BCUT2D eigenvalue weighted by Gasteiger charge is 2.30. The van der Waals surface area contributed by atoms with E-state index in [-0.39, 0.29) is 12.5 Å². The molecule has 2 heterocycles. The molecule has 3 N–H and O–H groups in total. The summed E-state index contributed by atoms with van der Waals surface area (Å²) in [6.07, 6.45) is 0. The molecule has 1 aromatic heterocycles. The highest BCUT2D eigenvalue weighted by atomic mass is 32.2. The third-order valence-electron chi connectivity index (χ3n) is 2.93. The molecule has 1 fully saturated rings. The van der Waals surface area contributed by atoms with E-state index in [2.05, 4.69) is 10.9 Å². The van der Waals surface area contributed by atoms with Crippen LogP contribution in [0.5, 0.6) is 0 Å². The topological polar surface area (TPSA) is 98.7 Å². The molecule has 1 saturated heterocycles. The predicted octanol–water partition coefficient (Wildman–Crippen LogP) is 0.0111. The summed E-state index contributed by atoms with van der Waals surface area (Å²) in [4.78, 5) is 36.6. The van der Waals surface area contributed by atoms with Crippen LogP contribution >= 0.6 is 23.1 Å². The van der Waals surface area contributed by atoms with E-state index in [1.54, 1.807) is 34.2 Å². The largest absolute Gasteiger partial charge is 0.480 e. The number of nitrogens with one attached hydrogen (secondary N) is 2. The van der Waals surface area contributed by atoms with E-state index >= 15 is 0 Å². The molecule has 0 aliphatic carbocycles. The van der Waals surface area contributed by atoms with E-state index in [1.165, 1.54) is 11.3 Å². The summed E-state index contributed by atoms with van der Waals surface area (Å²) >= 11 is 2.82. The highest BCUT2D eigenvalue weighted by molar-refractivity contribution is 7.99. The van der Waals surface area contributed by atoms with Crippen molar-refractivity contribution in [2.45, 2.75) is 6.04 Å². The maximum atomic E-state index is 11.8. The molecule has 0 radical (unpaired) electrons. The van der Waals surface area contributed by atoms with E-state index in [0.717, 1.165) is 5.75 Å². The number of amides is 2. The first-order chi connectivity index (χ1) is 10.1. The molecule has 2 rings (SSSR count). The summed E-state index contributed by atoms with van der Waals surface area (Å²) in [7, 11) is 0. The number of carbonyl (C=O) groups excluding carboxylic acids is 2. The van der Waals surface area contributed by atoms with Crippen LogP contribution in [0, 0.1) is 0 Å². The normalized spacial score (nSPS) is 19.0. The number of thiophene rings is 1. The summed E-state index contributed by atoms with van der Waals surface area (Å²) < 4.78 is 0. The number of rotatable bonds is 4. The minimum absolute atomic E-state index is 0.0533. The summed E-state index contributed by atoms with van der Waals surface area (Å²) in [5.41, 5.74) is 4.62. The molecule has 1 aliphatic rings. The Hall–Kier alpha value is -1.58. The minimum atomic E-state index is -0.933. The van der Waals surface area contributed by atoms with Gasteiger partial charge in [0.2, 0.25) is 0 Å². The highest BCUT2D eigenvalue weighted by Crippen LogP contribution is 2.16. The van der Waals surface area contributed by atoms with Crippen LogP contribution in [0.3, 0.4) is 0 Å². The zero-order chi connectivity index (χ0) is 15.2. The first kappa shape index (κ1) is 15.8. The third-order valence-corrected chi connectivity index (χ3v) is 4.82. The maximum Gasteiger partial charge on any atom is 0.321 e. The van der Waals surface area contributed by atoms with Crippen LogP contribution in [0.2, 0.25) is 0 Å². The van der Waals surface area contributed by atoms with E-state index in [0.29, 0.717) is 17.2 Å². The molecule has 0 spiro atoms. The Balaban J connectivity index is 1.81. The lowest BCUT2D eigenvalue weighted by Crippen LogP contribution is -2.53. The van der Waals surface area contributed by atoms with Crippen LogP contribution in [0.25, 0.3) is 0 Å². The summed E-state index contributed by atoms with van der Waals surface area (Å²) in [6, 6.07) is 2.72. The van der Waals surface area contributed by atoms with Crippen molar-refractivity contribution >= 4 is 40.9 Å². The molecule has 2 amide bonds. The number of hydrogen-bond donors (Lipinski definition) is 3. The molecular weight excluding hydrogens is 314 g/mol. The van der Waals surface area contributed by atoms with Gasteiger partial charge < -0.3 is 5.11 Å². The monoisotopic (exact) mass is 329 g/mol. The molecule has 1 unspecified atom stereocenters. The Labute approximate surface area is 129 Å². The molecule has 114 valence electrons. The smallest absolute Gasteiger partial charge is 0.321 e. The standard InChI is InChI=1S/C12H15N3O4S2/c16-10(13-14-11(17)9-2-1-4-21-9)6-15-3-5-20-7-8(15)12(18)19/h1-2,4,8H,3,5-7H2,(H,13,16)(H,14,17)(H,18,19). The van der Waals surface area contributed by atoms with Crippen molar-refractivity contribution in [1.82, 2.24) is 15.8 Å². The van der Waals surface area contributed by atoms with Gasteiger partial charge in [0, 0.05) is 18.1 Å². The summed E-state index contributed by atoms with van der Waals surface area (Å²) in [5, 5.41) is 10.9. The lowest BCUT2D eigenvalue weighted by Gasteiger charge is -2.31. The molecule has 1 atom stereocenters. The first-order valence-corrected chi connectivity index (χ1v) is 8.28. The molecule has 1 aliphatic heterocycles. The number of hydrogen-bond acceptors (Lipinski definition) is 6. The van der Waals surface area contributed by atoms with Crippen LogP contribution in [0.4, 0.5) is 0 Å². The number of hydrazine groups is 1. The van der Waals surface area contributed by atoms with Gasteiger partial charge in [-0.05, 0) is 11.4 Å². The quantitative estimate of drug-likeness (QED) is 0.673.